The number of phenolic OH excluding ortho intramolecular Hbond substituents is 1. The Morgan fingerprint density at radius 2 is 1.79 bits per heavy atom. The lowest BCUT2D eigenvalue weighted by atomic mass is 9.62. The molecule has 2 aliphatic carbocycles. The quantitative estimate of drug-likeness (QED) is 0.613. The molecule has 152 valence electrons. The molecule has 1 aliphatic heterocycles. The van der Waals surface area contributed by atoms with Gasteiger partial charge in [0.15, 0.2) is 0 Å². The number of ether oxygens (including phenoxy) is 1. The first-order chi connectivity index (χ1) is 14.0. The van der Waals surface area contributed by atoms with E-state index < -0.39 is 0 Å². The zero-order valence-corrected chi connectivity index (χ0v) is 17.6. The predicted octanol–water partition coefficient (Wildman–Crippen LogP) is 6.16. The molecular formula is C26H30O3. The molecule has 3 atom stereocenters. The molecule has 0 bridgehead atoms. The van der Waals surface area contributed by atoms with Crippen molar-refractivity contribution in [3.8, 4) is 11.5 Å². The Bertz CT molecular complexity index is 985. The van der Waals surface area contributed by atoms with Gasteiger partial charge in [0.2, 0.25) is 0 Å². The molecule has 3 heteroatoms. The molecular weight excluding hydrogens is 360 g/mol. The van der Waals surface area contributed by atoms with E-state index in [0.29, 0.717) is 5.92 Å². The lowest BCUT2D eigenvalue weighted by Crippen LogP contribution is -2.47. The van der Waals surface area contributed by atoms with E-state index >= 15 is 0 Å². The highest BCUT2D eigenvalue weighted by molar-refractivity contribution is 5.59. The maximum absolute atomic E-state index is 10.0. The van der Waals surface area contributed by atoms with E-state index in [-0.39, 0.29) is 28.9 Å². The van der Waals surface area contributed by atoms with Crippen LogP contribution >= 0.6 is 0 Å². The van der Waals surface area contributed by atoms with Gasteiger partial charge in [0.05, 0.1) is 0 Å². The van der Waals surface area contributed by atoms with Gasteiger partial charge in [-0.05, 0) is 53.7 Å². The largest absolute Gasteiger partial charge is 0.508 e. The van der Waals surface area contributed by atoms with E-state index in [4.69, 9.17) is 4.74 Å². The van der Waals surface area contributed by atoms with Crippen molar-refractivity contribution in [3.05, 3.63) is 82.6 Å². The highest BCUT2D eigenvalue weighted by Crippen LogP contribution is 2.57. The van der Waals surface area contributed by atoms with E-state index in [2.05, 4.69) is 38.1 Å². The molecule has 2 N–H and O–H groups in total. The summed E-state index contributed by atoms with van der Waals surface area (Å²) in [5.41, 5.74) is 5.09. The molecule has 0 fully saturated rings. The standard InChI is InChI=1S/C24H24O3.C2H6/c1-14(2)15-3-6-19-16(11-15)9-10-24(19)20-7-4-17(25)12-22(20)27-23-13-18(26)5-8-21(23)24;1-2/h3-8,11-14,20,22,25-26H,9-10H2,1-2H3;1-2H3. The minimum atomic E-state index is -0.236. The number of aryl methyl sites for hydroxylation is 1. The van der Waals surface area contributed by atoms with Gasteiger partial charge in [-0.1, -0.05) is 58.0 Å². The topological polar surface area (TPSA) is 49.7 Å². The molecule has 0 aromatic heterocycles. The van der Waals surface area contributed by atoms with Crippen LogP contribution in [0.2, 0.25) is 0 Å². The molecule has 1 heterocycles. The first-order valence-electron chi connectivity index (χ1n) is 10.7. The number of aliphatic hydroxyl groups excluding tert-OH is 1. The zero-order valence-electron chi connectivity index (χ0n) is 17.6. The number of hydrogen-bond donors (Lipinski definition) is 2. The van der Waals surface area contributed by atoms with Crippen molar-refractivity contribution in [2.45, 2.75) is 58.0 Å². The van der Waals surface area contributed by atoms with Gasteiger partial charge in [-0.3, -0.25) is 0 Å². The van der Waals surface area contributed by atoms with E-state index in [0.717, 1.165) is 24.2 Å². The molecule has 3 aliphatic rings. The summed E-state index contributed by atoms with van der Waals surface area (Å²) < 4.78 is 6.20. The Hall–Kier alpha value is -2.68. The van der Waals surface area contributed by atoms with Crippen molar-refractivity contribution in [1.82, 2.24) is 0 Å². The van der Waals surface area contributed by atoms with Crippen LogP contribution in [0.4, 0.5) is 0 Å². The monoisotopic (exact) mass is 390 g/mol. The molecule has 0 saturated heterocycles. The van der Waals surface area contributed by atoms with Gasteiger partial charge in [0.25, 0.3) is 0 Å². The first kappa shape index (κ1) is 19.6. The Morgan fingerprint density at radius 1 is 1.03 bits per heavy atom. The Morgan fingerprint density at radius 3 is 2.55 bits per heavy atom. The second-order valence-corrected chi connectivity index (χ2v) is 8.28. The van der Waals surface area contributed by atoms with Crippen LogP contribution in [0.25, 0.3) is 0 Å². The third-order valence-corrected chi connectivity index (χ3v) is 6.51. The third kappa shape index (κ3) is 2.95. The van der Waals surface area contributed by atoms with Crippen LogP contribution in [0, 0.1) is 5.92 Å². The zero-order chi connectivity index (χ0) is 20.8. The van der Waals surface area contributed by atoms with Gasteiger partial charge < -0.3 is 14.9 Å². The van der Waals surface area contributed by atoms with Gasteiger partial charge in [0, 0.05) is 23.0 Å². The number of aliphatic hydroxyl groups is 1. The van der Waals surface area contributed by atoms with Crippen LogP contribution in [-0.2, 0) is 11.8 Å². The van der Waals surface area contributed by atoms with Crippen LogP contribution in [0.3, 0.4) is 0 Å². The maximum Gasteiger partial charge on any atom is 0.128 e. The molecule has 0 amide bonds. The minimum Gasteiger partial charge on any atom is -0.508 e. The second kappa shape index (κ2) is 7.29. The SMILES string of the molecule is CC.CC(C)c1ccc2c(c1)CCC21c2ccc(O)cc2OC2C=C(O)C=CC21. The molecule has 2 aromatic rings. The molecule has 3 unspecified atom stereocenters. The van der Waals surface area contributed by atoms with Crippen molar-refractivity contribution in [3.63, 3.8) is 0 Å². The molecule has 0 radical (unpaired) electrons. The smallest absolute Gasteiger partial charge is 0.128 e. The first-order valence-corrected chi connectivity index (χ1v) is 10.7. The summed E-state index contributed by atoms with van der Waals surface area (Å²) in [5.74, 6) is 1.79. The minimum absolute atomic E-state index is 0.122. The fourth-order valence-corrected chi connectivity index (χ4v) is 5.20. The van der Waals surface area contributed by atoms with Gasteiger partial charge in [-0.25, -0.2) is 0 Å². The van der Waals surface area contributed by atoms with E-state index in [1.54, 1.807) is 24.3 Å². The van der Waals surface area contributed by atoms with Crippen LogP contribution in [0.5, 0.6) is 11.5 Å². The number of aromatic hydroxyl groups is 1. The summed E-state index contributed by atoms with van der Waals surface area (Å²) in [7, 11) is 0. The third-order valence-electron chi connectivity index (χ3n) is 6.51. The van der Waals surface area contributed by atoms with E-state index in [1.807, 2.05) is 19.9 Å². The lowest BCUT2D eigenvalue weighted by Gasteiger charge is -2.46. The second-order valence-electron chi connectivity index (χ2n) is 8.28. The Kier molecular flexibility index (Phi) is 4.94. The molecule has 5 rings (SSSR count). The number of phenols is 1. The van der Waals surface area contributed by atoms with Crippen molar-refractivity contribution in [2.24, 2.45) is 5.92 Å². The highest BCUT2D eigenvalue weighted by atomic mass is 16.5. The van der Waals surface area contributed by atoms with Gasteiger partial charge in [-0.2, -0.15) is 0 Å². The van der Waals surface area contributed by atoms with Crippen molar-refractivity contribution >= 4 is 0 Å². The van der Waals surface area contributed by atoms with Crippen LogP contribution in [0.1, 0.15) is 62.3 Å². The summed E-state index contributed by atoms with van der Waals surface area (Å²) in [6.45, 7) is 8.46. The fraction of sp³-hybridized carbons (Fsp3) is 0.385. The van der Waals surface area contributed by atoms with Gasteiger partial charge in [-0.15, -0.1) is 0 Å². The molecule has 29 heavy (non-hydrogen) atoms. The van der Waals surface area contributed by atoms with Crippen molar-refractivity contribution in [1.29, 1.82) is 0 Å². The molecule has 0 saturated carbocycles. The Labute approximate surface area is 173 Å². The summed E-state index contributed by atoms with van der Waals surface area (Å²) in [5, 5.41) is 20.0. The fourth-order valence-electron chi connectivity index (χ4n) is 5.20. The number of rotatable bonds is 1. The Balaban J connectivity index is 0.000000994. The average molecular weight is 391 g/mol. The van der Waals surface area contributed by atoms with Crippen molar-refractivity contribution in [2.75, 3.05) is 0 Å². The van der Waals surface area contributed by atoms with E-state index in [9.17, 15) is 10.2 Å². The number of allylic oxidation sites excluding steroid dienone is 1. The average Bonchev–Trinajstić information content (AvgIpc) is 3.08. The van der Waals surface area contributed by atoms with Crippen LogP contribution in [0.15, 0.2) is 60.4 Å². The normalized spacial score (nSPS) is 26.0. The van der Waals surface area contributed by atoms with E-state index in [1.165, 1.54) is 16.7 Å². The van der Waals surface area contributed by atoms with Gasteiger partial charge in [0.1, 0.15) is 23.4 Å². The maximum atomic E-state index is 10.0. The molecule has 1 spiro atoms. The summed E-state index contributed by atoms with van der Waals surface area (Å²) in [6.07, 6.45) is 7.48. The molecule has 3 nitrogen and oxygen atoms in total. The summed E-state index contributed by atoms with van der Waals surface area (Å²) >= 11 is 0. The van der Waals surface area contributed by atoms with Crippen molar-refractivity contribution < 1.29 is 14.9 Å². The van der Waals surface area contributed by atoms with Gasteiger partial charge >= 0.3 is 0 Å². The number of hydrogen-bond acceptors (Lipinski definition) is 3. The molecule has 2 aromatic carbocycles. The summed E-state index contributed by atoms with van der Waals surface area (Å²) in [6, 6.07) is 12.4. The number of benzene rings is 2. The highest BCUT2D eigenvalue weighted by Gasteiger charge is 2.53. The number of fused-ring (bicyclic) bond motifs is 6. The van der Waals surface area contributed by atoms with Crippen LogP contribution in [-0.4, -0.2) is 16.3 Å². The van der Waals surface area contributed by atoms with Crippen LogP contribution < -0.4 is 4.74 Å². The summed E-state index contributed by atoms with van der Waals surface area (Å²) in [4.78, 5) is 0. The lowest BCUT2D eigenvalue weighted by molar-refractivity contribution is 0.119. The predicted molar refractivity (Wildman–Crippen MR) is 117 cm³/mol.